The number of ether oxygens (including phenoxy) is 2. The molecule has 1 fully saturated rings. The van der Waals surface area contributed by atoms with Crippen LogP contribution in [0.2, 0.25) is 0 Å². The van der Waals surface area contributed by atoms with Gasteiger partial charge in [0.15, 0.2) is 0 Å². The van der Waals surface area contributed by atoms with Gasteiger partial charge in [0.1, 0.15) is 18.9 Å². The molecule has 3 heterocycles. The first kappa shape index (κ1) is 27.4. The van der Waals surface area contributed by atoms with Crippen molar-refractivity contribution in [1.29, 1.82) is 0 Å². The lowest BCUT2D eigenvalue weighted by molar-refractivity contribution is -0.135. The van der Waals surface area contributed by atoms with Crippen molar-refractivity contribution in [1.82, 2.24) is 9.80 Å². The van der Waals surface area contributed by atoms with Crippen LogP contribution in [0.3, 0.4) is 0 Å². The van der Waals surface area contributed by atoms with E-state index in [4.69, 9.17) is 9.47 Å². The molecule has 1 saturated heterocycles. The van der Waals surface area contributed by atoms with Crippen LogP contribution in [-0.4, -0.2) is 60.6 Å². The van der Waals surface area contributed by atoms with E-state index in [0.29, 0.717) is 37.8 Å². The lowest BCUT2D eigenvalue weighted by atomic mass is 10.00. The van der Waals surface area contributed by atoms with Crippen molar-refractivity contribution in [3.8, 4) is 5.75 Å². The standard InChI is InChI=1S/C32H38N2O4S/c1-22(2)24-10-12-26(13-11-24)38-21-29-28-15-18-39-30(28)14-16-34(29)31(35)20-33(19-27-5-4-17-37-27)32(36)25-8-6-23(3)7-9-25/h6-13,15,18,22,27,29H,4-5,14,16-17,19-21H2,1-3H3/t27-,29-/m1/s1. The molecule has 0 aliphatic carbocycles. The zero-order valence-corrected chi connectivity index (χ0v) is 23.9. The molecular formula is C32H38N2O4S. The molecule has 2 amide bonds. The van der Waals surface area contributed by atoms with E-state index in [2.05, 4.69) is 37.4 Å². The number of amides is 2. The zero-order valence-electron chi connectivity index (χ0n) is 23.1. The summed E-state index contributed by atoms with van der Waals surface area (Å²) in [5.41, 5.74) is 4.10. The molecule has 0 spiro atoms. The van der Waals surface area contributed by atoms with Crippen LogP contribution in [0.15, 0.2) is 60.0 Å². The number of carbonyl (C=O) groups excluding carboxylic acids is 2. The third kappa shape index (κ3) is 6.53. The molecule has 2 aromatic carbocycles. The molecule has 2 aliphatic rings. The smallest absolute Gasteiger partial charge is 0.254 e. The SMILES string of the molecule is Cc1ccc(C(=O)N(CC(=O)N2CCc3sccc3[C@H]2COc2ccc(C(C)C)cc2)C[C@H]2CCCO2)cc1. The minimum absolute atomic E-state index is 0.0195. The number of benzene rings is 2. The van der Waals surface area contributed by atoms with E-state index >= 15 is 0 Å². The molecule has 0 bridgehead atoms. The van der Waals surface area contributed by atoms with Crippen LogP contribution in [0, 0.1) is 6.92 Å². The molecule has 2 aliphatic heterocycles. The predicted molar refractivity (Wildman–Crippen MR) is 155 cm³/mol. The fourth-order valence-corrected chi connectivity index (χ4v) is 6.31. The Hall–Kier alpha value is -3.16. The van der Waals surface area contributed by atoms with Crippen LogP contribution in [0.25, 0.3) is 0 Å². The maximum atomic E-state index is 13.9. The lowest BCUT2D eigenvalue weighted by Gasteiger charge is -2.37. The Morgan fingerprint density at radius 2 is 1.87 bits per heavy atom. The van der Waals surface area contributed by atoms with Gasteiger partial charge < -0.3 is 19.3 Å². The van der Waals surface area contributed by atoms with Gasteiger partial charge >= 0.3 is 0 Å². The monoisotopic (exact) mass is 546 g/mol. The Morgan fingerprint density at radius 3 is 2.56 bits per heavy atom. The van der Waals surface area contributed by atoms with Gasteiger partial charge in [-0.2, -0.15) is 0 Å². The molecule has 0 saturated carbocycles. The molecule has 39 heavy (non-hydrogen) atoms. The molecule has 7 heteroatoms. The molecular weight excluding hydrogens is 508 g/mol. The van der Waals surface area contributed by atoms with Crippen LogP contribution >= 0.6 is 11.3 Å². The van der Waals surface area contributed by atoms with E-state index in [-0.39, 0.29) is 30.5 Å². The molecule has 0 radical (unpaired) electrons. The maximum absolute atomic E-state index is 13.9. The van der Waals surface area contributed by atoms with Crippen LogP contribution in [0.5, 0.6) is 5.75 Å². The third-order valence-corrected chi connectivity index (χ3v) is 8.73. The predicted octanol–water partition coefficient (Wildman–Crippen LogP) is 6.01. The molecule has 6 nitrogen and oxygen atoms in total. The quantitative estimate of drug-likeness (QED) is 0.330. The summed E-state index contributed by atoms with van der Waals surface area (Å²) in [5.74, 6) is 1.06. The summed E-state index contributed by atoms with van der Waals surface area (Å²) >= 11 is 1.73. The minimum Gasteiger partial charge on any atom is -0.491 e. The number of rotatable bonds is 9. The number of carbonyl (C=O) groups is 2. The van der Waals surface area contributed by atoms with Gasteiger partial charge in [0, 0.05) is 30.1 Å². The molecule has 5 rings (SSSR count). The Bertz CT molecular complexity index is 1260. The highest BCUT2D eigenvalue weighted by atomic mass is 32.1. The topological polar surface area (TPSA) is 59.1 Å². The first-order valence-corrected chi connectivity index (χ1v) is 14.8. The Kier molecular flexibility index (Phi) is 8.68. The van der Waals surface area contributed by atoms with Crippen molar-refractivity contribution in [3.05, 3.63) is 87.1 Å². The van der Waals surface area contributed by atoms with Gasteiger partial charge in [0.25, 0.3) is 5.91 Å². The second kappa shape index (κ2) is 12.3. The molecule has 2 atom stereocenters. The van der Waals surface area contributed by atoms with Crippen molar-refractivity contribution in [2.75, 3.05) is 32.8 Å². The largest absolute Gasteiger partial charge is 0.491 e. The van der Waals surface area contributed by atoms with Crippen molar-refractivity contribution >= 4 is 23.2 Å². The number of aryl methyl sites for hydroxylation is 1. The van der Waals surface area contributed by atoms with E-state index in [9.17, 15) is 9.59 Å². The second-order valence-corrected chi connectivity index (χ2v) is 11.9. The van der Waals surface area contributed by atoms with Gasteiger partial charge in [-0.1, -0.05) is 43.7 Å². The molecule has 0 unspecified atom stereocenters. The first-order chi connectivity index (χ1) is 18.9. The summed E-state index contributed by atoms with van der Waals surface area (Å²) in [6.45, 7) is 8.46. The molecule has 3 aromatic rings. The fourth-order valence-electron chi connectivity index (χ4n) is 5.38. The fraction of sp³-hybridized carbons (Fsp3) is 0.438. The van der Waals surface area contributed by atoms with Crippen LogP contribution < -0.4 is 4.74 Å². The highest BCUT2D eigenvalue weighted by Gasteiger charge is 2.34. The van der Waals surface area contributed by atoms with Crippen LogP contribution in [-0.2, 0) is 16.0 Å². The molecule has 1 aromatic heterocycles. The maximum Gasteiger partial charge on any atom is 0.254 e. The Morgan fingerprint density at radius 1 is 1.10 bits per heavy atom. The summed E-state index contributed by atoms with van der Waals surface area (Å²) in [6.07, 6.45) is 2.66. The summed E-state index contributed by atoms with van der Waals surface area (Å²) in [6, 6.07) is 17.7. The van der Waals surface area contributed by atoms with E-state index < -0.39 is 0 Å². The summed E-state index contributed by atoms with van der Waals surface area (Å²) in [7, 11) is 0. The van der Waals surface area contributed by atoms with Crippen molar-refractivity contribution in [2.45, 2.75) is 58.1 Å². The van der Waals surface area contributed by atoms with Crippen molar-refractivity contribution in [2.24, 2.45) is 0 Å². The highest BCUT2D eigenvalue weighted by Crippen LogP contribution is 2.34. The van der Waals surface area contributed by atoms with Crippen molar-refractivity contribution in [3.63, 3.8) is 0 Å². The average Bonchev–Trinajstić information content (AvgIpc) is 3.64. The zero-order chi connectivity index (χ0) is 27.4. The summed E-state index contributed by atoms with van der Waals surface area (Å²) in [5, 5.41) is 2.09. The third-order valence-electron chi connectivity index (χ3n) is 7.73. The van der Waals surface area contributed by atoms with E-state index in [1.165, 1.54) is 10.4 Å². The normalized spacial score (nSPS) is 18.7. The van der Waals surface area contributed by atoms with Crippen LogP contribution in [0.4, 0.5) is 0 Å². The lowest BCUT2D eigenvalue weighted by Crippen LogP contribution is -2.49. The van der Waals surface area contributed by atoms with Gasteiger partial charge in [-0.05, 0) is 78.9 Å². The Balaban J connectivity index is 1.33. The highest BCUT2D eigenvalue weighted by molar-refractivity contribution is 7.10. The van der Waals surface area contributed by atoms with Gasteiger partial charge in [-0.3, -0.25) is 9.59 Å². The average molecular weight is 547 g/mol. The molecule has 206 valence electrons. The number of nitrogens with zero attached hydrogens (tertiary/aromatic N) is 2. The van der Waals surface area contributed by atoms with Crippen LogP contribution in [0.1, 0.15) is 70.6 Å². The minimum atomic E-state index is -0.198. The van der Waals surface area contributed by atoms with E-state index in [1.54, 1.807) is 16.2 Å². The van der Waals surface area contributed by atoms with Gasteiger partial charge in [-0.15, -0.1) is 11.3 Å². The summed E-state index contributed by atoms with van der Waals surface area (Å²) < 4.78 is 12.1. The van der Waals surface area contributed by atoms with Crippen molar-refractivity contribution < 1.29 is 19.1 Å². The number of thiophene rings is 1. The van der Waals surface area contributed by atoms with Gasteiger partial charge in [0.05, 0.1) is 12.1 Å². The Labute approximate surface area is 235 Å². The first-order valence-electron chi connectivity index (χ1n) is 13.9. The number of hydrogen-bond donors (Lipinski definition) is 0. The van der Waals surface area contributed by atoms with E-state index in [0.717, 1.165) is 36.1 Å². The second-order valence-electron chi connectivity index (χ2n) is 10.9. The summed E-state index contributed by atoms with van der Waals surface area (Å²) in [4.78, 5) is 32.3. The molecule has 0 N–H and O–H groups in total. The van der Waals surface area contributed by atoms with Gasteiger partial charge in [-0.25, -0.2) is 0 Å². The van der Waals surface area contributed by atoms with E-state index in [1.807, 2.05) is 48.2 Å². The van der Waals surface area contributed by atoms with Gasteiger partial charge in [0.2, 0.25) is 5.91 Å². The number of hydrogen-bond acceptors (Lipinski definition) is 5. The number of fused-ring (bicyclic) bond motifs is 1.